The van der Waals surface area contributed by atoms with Crippen LogP contribution in [0.1, 0.15) is 43.5 Å². The second kappa shape index (κ2) is 10.6. The molecule has 4 aromatic rings. The first-order valence-electron chi connectivity index (χ1n) is 12.8. The number of hydrogen-bond acceptors (Lipinski definition) is 7. The molecule has 0 spiro atoms. The number of nitrogens with zero attached hydrogens (tertiary/aromatic N) is 5. The second-order valence-corrected chi connectivity index (χ2v) is 10.3. The van der Waals surface area contributed by atoms with Crippen LogP contribution < -0.4 is 10.6 Å². The lowest BCUT2D eigenvalue weighted by atomic mass is 9.77. The smallest absolute Gasteiger partial charge is 0.389 e. The highest BCUT2D eigenvalue weighted by molar-refractivity contribution is 6.30. The van der Waals surface area contributed by atoms with Crippen LogP contribution in [0, 0.1) is 5.92 Å². The van der Waals surface area contributed by atoms with Crippen molar-refractivity contribution in [3.05, 3.63) is 64.7 Å². The number of carbonyl (C=O) groups excluding carboxylic acids is 1. The van der Waals surface area contributed by atoms with E-state index < -0.39 is 42.2 Å². The van der Waals surface area contributed by atoms with E-state index in [1.54, 1.807) is 44.3 Å². The summed E-state index contributed by atoms with van der Waals surface area (Å²) in [6, 6.07) is 6.73. The fourth-order valence-corrected chi connectivity index (χ4v) is 4.96. The average Bonchev–Trinajstić information content (AvgIpc) is 3.49. The maximum absolute atomic E-state index is 13.4. The Morgan fingerprint density at radius 3 is 2.61 bits per heavy atom. The van der Waals surface area contributed by atoms with Crippen molar-refractivity contribution < 1.29 is 27.9 Å². The molecule has 3 aromatic heterocycles. The molecule has 2 unspecified atom stereocenters. The molecule has 0 saturated heterocycles. The van der Waals surface area contributed by atoms with Crippen LogP contribution in [0.25, 0.3) is 17.2 Å². The topological polar surface area (TPSA) is 134 Å². The number of fused-ring (bicyclic) bond motifs is 2. The van der Waals surface area contributed by atoms with E-state index in [4.69, 9.17) is 11.6 Å². The average molecular weight is 588 g/mol. The van der Waals surface area contributed by atoms with Crippen LogP contribution in [0.2, 0.25) is 5.02 Å². The Morgan fingerprint density at radius 1 is 1.22 bits per heavy atom. The van der Waals surface area contributed by atoms with Crippen molar-refractivity contribution in [1.29, 1.82) is 0 Å². The van der Waals surface area contributed by atoms with Gasteiger partial charge in [-0.1, -0.05) is 30.7 Å². The summed E-state index contributed by atoms with van der Waals surface area (Å²) >= 11 is 6.07. The summed E-state index contributed by atoms with van der Waals surface area (Å²) in [4.78, 5) is 42.9. The fourth-order valence-electron chi connectivity index (χ4n) is 4.83. The third-order valence-corrected chi connectivity index (χ3v) is 7.44. The van der Waals surface area contributed by atoms with Gasteiger partial charge in [0.05, 0.1) is 17.2 Å². The molecule has 0 fully saturated rings. The van der Waals surface area contributed by atoms with Crippen molar-refractivity contribution in [3.8, 4) is 11.5 Å². The Morgan fingerprint density at radius 2 is 1.95 bits per heavy atom. The molecule has 0 saturated carbocycles. The van der Waals surface area contributed by atoms with Crippen molar-refractivity contribution in [2.45, 2.75) is 44.7 Å². The number of rotatable bonds is 9. The molecule has 1 aliphatic heterocycles. The number of alkyl halides is 3. The standard InChI is InChI=1S/C27H25ClF3N7O3/c1-3-14(24(39)40)12-33-21-19-22(37-25(41)26(19,2)15-4-6-16(28)7-5-15)36-20(35-21)18-13-38-11-10-32-23(38)17(34-18)8-9-27(29,30)31/h4-7,10-11,13-14H,3,8-9,12H2,1-2H3,(H,39,40)(H2,33,35,36,37,41). The second-order valence-electron chi connectivity index (χ2n) is 9.88. The largest absolute Gasteiger partial charge is 0.481 e. The minimum Gasteiger partial charge on any atom is -0.481 e. The quantitative estimate of drug-likeness (QED) is 0.246. The number of aromatic nitrogens is 5. The predicted molar refractivity (Wildman–Crippen MR) is 145 cm³/mol. The van der Waals surface area contributed by atoms with Crippen molar-refractivity contribution >= 4 is 40.8 Å². The van der Waals surface area contributed by atoms with Gasteiger partial charge in [0.2, 0.25) is 5.91 Å². The zero-order chi connectivity index (χ0) is 29.5. The molecule has 0 bridgehead atoms. The minimum absolute atomic E-state index is 0.00440. The molecule has 4 heterocycles. The van der Waals surface area contributed by atoms with Gasteiger partial charge >= 0.3 is 12.1 Å². The summed E-state index contributed by atoms with van der Waals surface area (Å²) in [5, 5.41) is 16.0. The zero-order valence-corrected chi connectivity index (χ0v) is 22.7. The van der Waals surface area contributed by atoms with E-state index in [2.05, 4.69) is 30.6 Å². The number of aliphatic carboxylic acids is 1. The van der Waals surface area contributed by atoms with Gasteiger partial charge in [-0.2, -0.15) is 13.2 Å². The van der Waals surface area contributed by atoms with E-state index in [9.17, 15) is 27.9 Å². The number of carboxylic acids is 1. The number of hydrogen-bond donors (Lipinski definition) is 3. The van der Waals surface area contributed by atoms with Crippen molar-refractivity contribution in [3.63, 3.8) is 0 Å². The first-order chi connectivity index (χ1) is 19.4. The number of aryl methyl sites for hydroxylation is 1. The Bertz CT molecular complexity index is 1640. The molecule has 14 heteroatoms. The monoisotopic (exact) mass is 587 g/mol. The normalized spacial score (nSPS) is 17.4. The van der Waals surface area contributed by atoms with Crippen LogP contribution in [0.5, 0.6) is 0 Å². The van der Waals surface area contributed by atoms with E-state index >= 15 is 0 Å². The maximum atomic E-state index is 13.4. The molecule has 5 rings (SSSR count). The molecule has 2 atom stereocenters. The molecule has 214 valence electrons. The van der Waals surface area contributed by atoms with Gasteiger partial charge in [0.25, 0.3) is 0 Å². The molecule has 1 aromatic carbocycles. The Kier molecular flexibility index (Phi) is 7.32. The summed E-state index contributed by atoms with van der Waals surface area (Å²) in [6.07, 6.45) is -0.991. The van der Waals surface area contributed by atoms with Crippen LogP contribution in [0.4, 0.5) is 24.8 Å². The highest BCUT2D eigenvalue weighted by atomic mass is 35.5. The summed E-state index contributed by atoms with van der Waals surface area (Å²) in [5.41, 5.74) is 0.276. The van der Waals surface area contributed by atoms with Gasteiger partial charge in [-0.05, 0) is 31.0 Å². The van der Waals surface area contributed by atoms with Crippen LogP contribution >= 0.6 is 11.6 Å². The Hall–Kier alpha value is -4.26. The first-order valence-corrected chi connectivity index (χ1v) is 13.1. The van der Waals surface area contributed by atoms with Gasteiger partial charge in [0, 0.05) is 43.0 Å². The van der Waals surface area contributed by atoms with Crippen molar-refractivity contribution in [2.75, 3.05) is 17.2 Å². The van der Waals surface area contributed by atoms with E-state index in [0.29, 0.717) is 22.6 Å². The highest BCUT2D eigenvalue weighted by Gasteiger charge is 2.48. The molecular weight excluding hydrogens is 563 g/mol. The number of benzene rings is 1. The maximum Gasteiger partial charge on any atom is 0.389 e. The van der Waals surface area contributed by atoms with Crippen molar-refractivity contribution in [2.24, 2.45) is 5.92 Å². The lowest BCUT2D eigenvalue weighted by Gasteiger charge is -2.25. The first kappa shape index (κ1) is 28.3. The molecule has 1 aliphatic rings. The van der Waals surface area contributed by atoms with Gasteiger partial charge < -0.3 is 20.1 Å². The van der Waals surface area contributed by atoms with Gasteiger partial charge in [-0.15, -0.1) is 0 Å². The molecule has 41 heavy (non-hydrogen) atoms. The number of imidazole rings is 1. The van der Waals surface area contributed by atoms with E-state index in [1.165, 1.54) is 16.8 Å². The molecule has 1 amide bonds. The Balaban J connectivity index is 1.65. The number of amides is 1. The Labute approximate surface area is 237 Å². The summed E-state index contributed by atoms with van der Waals surface area (Å²) < 4.78 is 40.6. The van der Waals surface area contributed by atoms with E-state index in [1.807, 2.05) is 0 Å². The summed E-state index contributed by atoms with van der Waals surface area (Å²) in [6.45, 7) is 3.45. The molecule has 10 nitrogen and oxygen atoms in total. The SMILES string of the molecule is CCC(CNc1nc(-c2cn3ccnc3c(CCC(F)(F)F)n2)nc2c1C(C)(c1ccc(Cl)cc1)C(=O)N2)C(=O)O. The van der Waals surface area contributed by atoms with E-state index in [0.717, 1.165) is 0 Å². The fraction of sp³-hybridized carbons (Fsp3) is 0.333. The summed E-state index contributed by atoms with van der Waals surface area (Å²) in [7, 11) is 0. The lowest BCUT2D eigenvalue weighted by Crippen LogP contribution is -2.33. The summed E-state index contributed by atoms with van der Waals surface area (Å²) in [5.74, 6) is -1.73. The van der Waals surface area contributed by atoms with Gasteiger partial charge in [0.1, 0.15) is 22.7 Å². The number of anilines is 2. The molecule has 3 N–H and O–H groups in total. The van der Waals surface area contributed by atoms with Crippen molar-refractivity contribution in [1.82, 2.24) is 24.3 Å². The zero-order valence-electron chi connectivity index (χ0n) is 22.0. The van der Waals surface area contributed by atoms with Gasteiger partial charge in [-0.3, -0.25) is 9.59 Å². The minimum atomic E-state index is -4.39. The van der Waals surface area contributed by atoms with Crippen LogP contribution in [0.15, 0.2) is 42.9 Å². The number of halogens is 4. The third-order valence-electron chi connectivity index (χ3n) is 7.19. The molecular formula is C27H25ClF3N7O3. The van der Waals surface area contributed by atoms with Crippen LogP contribution in [0.3, 0.4) is 0 Å². The third kappa shape index (κ3) is 5.41. The molecule has 0 radical (unpaired) electrons. The van der Waals surface area contributed by atoms with Crippen LogP contribution in [-0.4, -0.2) is 54.0 Å². The molecule has 0 aliphatic carbocycles. The highest BCUT2D eigenvalue weighted by Crippen LogP contribution is 2.46. The number of carbonyl (C=O) groups is 2. The van der Waals surface area contributed by atoms with Gasteiger partial charge in [-0.25, -0.2) is 19.9 Å². The predicted octanol–water partition coefficient (Wildman–Crippen LogP) is 5.12. The van der Waals surface area contributed by atoms with Gasteiger partial charge in [0.15, 0.2) is 11.5 Å². The number of nitrogens with one attached hydrogen (secondary N) is 2. The van der Waals surface area contributed by atoms with E-state index in [-0.39, 0.29) is 41.0 Å². The number of carboxylic acid groups (broad SMARTS) is 1. The lowest BCUT2D eigenvalue weighted by molar-refractivity contribution is -0.141. The van der Waals surface area contributed by atoms with Crippen LogP contribution in [-0.2, 0) is 21.4 Å².